The predicted octanol–water partition coefficient (Wildman–Crippen LogP) is 5.61. The van der Waals surface area contributed by atoms with Gasteiger partial charge >= 0.3 is 6.09 Å². The number of unbranched alkanes of at least 4 members (excludes halogenated alkanes) is 2. The molecule has 2 atom stereocenters. The Morgan fingerprint density at radius 2 is 1.60 bits per heavy atom. The van der Waals surface area contributed by atoms with Crippen molar-refractivity contribution in [3.8, 4) is 0 Å². The summed E-state index contributed by atoms with van der Waals surface area (Å²) in [4.78, 5) is 41.2. The van der Waals surface area contributed by atoms with E-state index in [2.05, 4.69) is 17.6 Å². The third-order valence-electron chi connectivity index (χ3n) is 5.47. The molecular formula is C28H39N3O4. The molecule has 2 unspecified atom stereocenters. The lowest BCUT2D eigenvalue weighted by molar-refractivity contribution is -0.140. The number of benzene rings is 2. The summed E-state index contributed by atoms with van der Waals surface area (Å²) in [6.45, 7) is 11.3. The minimum absolute atomic E-state index is 0.306. The molecule has 3 amide bonds. The van der Waals surface area contributed by atoms with Crippen molar-refractivity contribution >= 4 is 23.6 Å². The van der Waals surface area contributed by atoms with Crippen LogP contribution < -0.4 is 10.6 Å². The van der Waals surface area contributed by atoms with Crippen LogP contribution in [0.25, 0.3) is 0 Å². The summed E-state index contributed by atoms with van der Waals surface area (Å²) in [5, 5.41) is 5.63. The van der Waals surface area contributed by atoms with Gasteiger partial charge in [0.05, 0.1) is 0 Å². The van der Waals surface area contributed by atoms with Gasteiger partial charge in [-0.25, -0.2) is 4.79 Å². The van der Waals surface area contributed by atoms with Gasteiger partial charge in [0.25, 0.3) is 5.91 Å². The van der Waals surface area contributed by atoms with Crippen LogP contribution in [0.4, 0.5) is 10.5 Å². The molecule has 0 aliphatic heterocycles. The van der Waals surface area contributed by atoms with E-state index < -0.39 is 23.8 Å². The lowest BCUT2D eigenvalue weighted by Gasteiger charge is -2.34. The van der Waals surface area contributed by atoms with Gasteiger partial charge in [0.15, 0.2) is 0 Å². The summed E-state index contributed by atoms with van der Waals surface area (Å²) in [5.74, 6) is -0.652. The summed E-state index contributed by atoms with van der Waals surface area (Å²) in [5.41, 5.74) is 1.64. The molecule has 2 aromatic carbocycles. The van der Waals surface area contributed by atoms with Gasteiger partial charge in [-0.2, -0.15) is 0 Å². The van der Waals surface area contributed by atoms with Crippen LogP contribution in [0.5, 0.6) is 0 Å². The Balaban J connectivity index is 2.38. The van der Waals surface area contributed by atoms with Crippen LogP contribution in [0.3, 0.4) is 0 Å². The van der Waals surface area contributed by atoms with Crippen LogP contribution in [0, 0.1) is 6.92 Å². The average molecular weight is 482 g/mol. The lowest BCUT2D eigenvalue weighted by atomic mass is 10.0. The van der Waals surface area contributed by atoms with E-state index >= 15 is 0 Å². The highest BCUT2D eigenvalue weighted by atomic mass is 16.6. The highest BCUT2D eigenvalue weighted by molar-refractivity contribution is 5.99. The highest BCUT2D eigenvalue weighted by Gasteiger charge is 2.34. The second kappa shape index (κ2) is 12.9. The Hall–Kier alpha value is -3.35. The molecule has 2 N–H and O–H groups in total. The topological polar surface area (TPSA) is 87.7 Å². The first kappa shape index (κ1) is 27.9. The number of ether oxygens (including phenoxy) is 1. The second-order valence-corrected chi connectivity index (χ2v) is 9.72. The number of nitrogens with one attached hydrogen (secondary N) is 2. The van der Waals surface area contributed by atoms with E-state index in [1.807, 2.05) is 61.5 Å². The number of hydrogen-bond acceptors (Lipinski definition) is 4. The number of amides is 3. The zero-order valence-corrected chi connectivity index (χ0v) is 21.8. The maximum Gasteiger partial charge on any atom is 0.408 e. The molecule has 0 aliphatic carbocycles. The lowest BCUT2D eigenvalue weighted by Crippen LogP contribution is -2.51. The number of para-hydroxylation sites is 1. The predicted molar refractivity (Wildman–Crippen MR) is 139 cm³/mol. The standard InChI is InChI=1S/C28H39N3O4/c1-7-8-14-19-31(26(33)21(3)29-27(34)35-28(4,5)6)24(22-16-10-9-11-17-22)25(32)30-23-18-13-12-15-20(23)2/h9-13,15-18,21,24H,7-8,14,19H2,1-6H3,(H,29,34)(H,30,32). The molecule has 0 aromatic heterocycles. The molecule has 0 aliphatic rings. The quantitative estimate of drug-likeness (QED) is 0.432. The fourth-order valence-corrected chi connectivity index (χ4v) is 3.72. The molecule has 0 bridgehead atoms. The molecule has 35 heavy (non-hydrogen) atoms. The number of anilines is 1. The Kier molecular flexibility index (Phi) is 10.3. The molecule has 0 fully saturated rings. The van der Waals surface area contributed by atoms with E-state index in [1.54, 1.807) is 32.6 Å². The molecule has 2 rings (SSSR count). The molecule has 0 heterocycles. The van der Waals surface area contributed by atoms with Crippen molar-refractivity contribution in [1.82, 2.24) is 10.2 Å². The van der Waals surface area contributed by atoms with Gasteiger partial charge in [0.2, 0.25) is 5.91 Å². The van der Waals surface area contributed by atoms with Crippen LogP contribution in [0.15, 0.2) is 54.6 Å². The van der Waals surface area contributed by atoms with Crippen molar-refractivity contribution in [1.29, 1.82) is 0 Å². The Morgan fingerprint density at radius 3 is 2.20 bits per heavy atom. The molecule has 0 saturated heterocycles. The van der Waals surface area contributed by atoms with E-state index in [0.29, 0.717) is 17.8 Å². The monoisotopic (exact) mass is 481 g/mol. The zero-order chi connectivity index (χ0) is 26.0. The van der Waals surface area contributed by atoms with Crippen LogP contribution in [0.1, 0.15) is 71.0 Å². The molecule has 190 valence electrons. The minimum Gasteiger partial charge on any atom is -0.444 e. The van der Waals surface area contributed by atoms with Crippen LogP contribution in [-0.4, -0.2) is 41.0 Å². The van der Waals surface area contributed by atoms with Crippen molar-refractivity contribution < 1.29 is 19.1 Å². The van der Waals surface area contributed by atoms with Crippen molar-refractivity contribution in [2.24, 2.45) is 0 Å². The summed E-state index contributed by atoms with van der Waals surface area (Å²) in [6, 6.07) is 15.0. The third-order valence-corrected chi connectivity index (χ3v) is 5.47. The average Bonchev–Trinajstić information content (AvgIpc) is 2.79. The number of alkyl carbamates (subject to hydrolysis) is 1. The summed E-state index contributed by atoms with van der Waals surface area (Å²) >= 11 is 0. The molecule has 7 nitrogen and oxygen atoms in total. The van der Waals surface area contributed by atoms with Gasteiger partial charge in [0.1, 0.15) is 17.7 Å². The number of hydrogen-bond donors (Lipinski definition) is 2. The molecule has 0 spiro atoms. The van der Waals surface area contributed by atoms with Crippen LogP contribution >= 0.6 is 0 Å². The van der Waals surface area contributed by atoms with Gasteiger partial charge in [-0.15, -0.1) is 0 Å². The van der Waals surface area contributed by atoms with Gasteiger partial charge in [-0.3, -0.25) is 9.59 Å². The van der Waals surface area contributed by atoms with Crippen molar-refractivity contribution in [3.63, 3.8) is 0 Å². The second-order valence-electron chi connectivity index (χ2n) is 9.72. The smallest absolute Gasteiger partial charge is 0.408 e. The number of carbonyl (C=O) groups excluding carboxylic acids is 3. The number of rotatable bonds is 10. The van der Waals surface area contributed by atoms with Crippen molar-refractivity contribution in [2.45, 2.75) is 78.5 Å². The molecular weight excluding hydrogens is 442 g/mol. The van der Waals surface area contributed by atoms with Crippen molar-refractivity contribution in [3.05, 3.63) is 65.7 Å². The van der Waals surface area contributed by atoms with E-state index in [-0.39, 0.29) is 11.8 Å². The molecule has 2 aromatic rings. The number of aryl methyl sites for hydroxylation is 1. The normalized spacial score (nSPS) is 12.9. The Labute approximate surface area is 209 Å². The van der Waals surface area contributed by atoms with Gasteiger partial charge < -0.3 is 20.3 Å². The first-order valence-corrected chi connectivity index (χ1v) is 12.2. The van der Waals surface area contributed by atoms with Crippen LogP contribution in [0.2, 0.25) is 0 Å². The SMILES string of the molecule is CCCCCN(C(=O)C(C)NC(=O)OC(C)(C)C)C(C(=O)Nc1ccccc1C)c1ccccc1. The molecule has 0 saturated carbocycles. The maximum atomic E-state index is 13.7. The number of nitrogens with zero attached hydrogens (tertiary/aromatic N) is 1. The summed E-state index contributed by atoms with van der Waals surface area (Å²) < 4.78 is 5.32. The van der Waals surface area contributed by atoms with Gasteiger partial charge in [-0.05, 0) is 58.2 Å². The fourth-order valence-electron chi connectivity index (χ4n) is 3.72. The van der Waals surface area contributed by atoms with E-state index in [1.165, 1.54) is 0 Å². The fraction of sp³-hybridized carbons (Fsp3) is 0.464. The summed E-state index contributed by atoms with van der Waals surface area (Å²) in [6.07, 6.45) is 1.95. The van der Waals surface area contributed by atoms with E-state index in [4.69, 9.17) is 4.74 Å². The van der Waals surface area contributed by atoms with Gasteiger partial charge in [-0.1, -0.05) is 68.3 Å². The third kappa shape index (κ3) is 8.74. The Morgan fingerprint density at radius 1 is 0.971 bits per heavy atom. The van der Waals surface area contributed by atoms with E-state index in [0.717, 1.165) is 24.8 Å². The zero-order valence-electron chi connectivity index (χ0n) is 21.8. The maximum absolute atomic E-state index is 13.7. The first-order chi connectivity index (χ1) is 16.5. The number of carbonyl (C=O) groups is 3. The minimum atomic E-state index is -0.871. The van der Waals surface area contributed by atoms with E-state index in [9.17, 15) is 14.4 Å². The largest absolute Gasteiger partial charge is 0.444 e. The van der Waals surface area contributed by atoms with Crippen LogP contribution in [-0.2, 0) is 14.3 Å². The summed E-state index contributed by atoms with van der Waals surface area (Å²) in [7, 11) is 0. The van der Waals surface area contributed by atoms with Crippen molar-refractivity contribution in [2.75, 3.05) is 11.9 Å². The van der Waals surface area contributed by atoms with Gasteiger partial charge in [0, 0.05) is 12.2 Å². The molecule has 0 radical (unpaired) electrons. The highest BCUT2D eigenvalue weighted by Crippen LogP contribution is 2.26. The molecule has 7 heteroatoms. The first-order valence-electron chi connectivity index (χ1n) is 12.2. The Bertz CT molecular complexity index is 985.